The lowest BCUT2D eigenvalue weighted by Crippen LogP contribution is -2.35. The Hall–Kier alpha value is -3.02. The van der Waals surface area contributed by atoms with E-state index in [0.29, 0.717) is 16.9 Å². The molecular formula is C22H24N2O4. The third-order valence-corrected chi connectivity index (χ3v) is 5.34. The van der Waals surface area contributed by atoms with Crippen molar-refractivity contribution < 1.29 is 19.1 Å². The van der Waals surface area contributed by atoms with E-state index in [1.54, 1.807) is 12.1 Å². The van der Waals surface area contributed by atoms with Crippen molar-refractivity contribution in [3.05, 3.63) is 53.6 Å². The molecule has 2 heterocycles. The van der Waals surface area contributed by atoms with Crippen molar-refractivity contribution in [1.29, 1.82) is 0 Å². The van der Waals surface area contributed by atoms with Gasteiger partial charge in [-0.25, -0.2) is 4.79 Å². The first-order valence-electron chi connectivity index (χ1n) is 9.66. The standard InChI is InChI=1S/C22H24N2O4/c1-15-24(18-9-6-16(7-10-18)22(26)27-2)19-11-8-17(14-20(19)28-15)21(25)23-12-4-3-5-13-23/h6-11,14-15H,3-5,12-13H2,1-2H3. The first-order valence-corrected chi connectivity index (χ1v) is 9.66. The van der Waals surface area contributed by atoms with Crippen molar-refractivity contribution in [2.24, 2.45) is 0 Å². The number of likely N-dealkylation sites (tertiary alicyclic amines) is 1. The van der Waals surface area contributed by atoms with Crippen LogP contribution in [-0.4, -0.2) is 43.2 Å². The third-order valence-electron chi connectivity index (χ3n) is 5.34. The molecule has 0 radical (unpaired) electrons. The Kier molecular flexibility index (Phi) is 4.94. The van der Waals surface area contributed by atoms with Gasteiger partial charge in [0.25, 0.3) is 5.91 Å². The maximum absolute atomic E-state index is 12.8. The number of carbonyl (C=O) groups excluding carboxylic acids is 2. The van der Waals surface area contributed by atoms with Crippen LogP contribution in [-0.2, 0) is 4.74 Å². The van der Waals surface area contributed by atoms with Gasteiger partial charge in [-0.2, -0.15) is 0 Å². The van der Waals surface area contributed by atoms with Crippen LogP contribution in [0.3, 0.4) is 0 Å². The molecule has 6 nitrogen and oxygen atoms in total. The van der Waals surface area contributed by atoms with E-state index in [9.17, 15) is 9.59 Å². The van der Waals surface area contributed by atoms with Gasteiger partial charge in [0.2, 0.25) is 0 Å². The zero-order chi connectivity index (χ0) is 19.7. The minimum Gasteiger partial charge on any atom is -0.468 e. The molecule has 0 saturated carbocycles. The van der Waals surface area contributed by atoms with Gasteiger partial charge in [0.15, 0.2) is 6.23 Å². The van der Waals surface area contributed by atoms with Crippen molar-refractivity contribution in [3.63, 3.8) is 0 Å². The number of nitrogens with zero attached hydrogens (tertiary/aromatic N) is 2. The number of rotatable bonds is 3. The summed E-state index contributed by atoms with van der Waals surface area (Å²) in [4.78, 5) is 28.4. The molecule has 2 aromatic carbocycles. The summed E-state index contributed by atoms with van der Waals surface area (Å²) in [5.74, 6) is 0.408. The third kappa shape index (κ3) is 3.30. The first kappa shape index (κ1) is 18.3. The first-order chi connectivity index (χ1) is 13.6. The number of fused-ring (bicyclic) bond motifs is 1. The number of piperidine rings is 1. The van der Waals surface area contributed by atoms with Crippen LogP contribution in [0.4, 0.5) is 11.4 Å². The lowest BCUT2D eigenvalue weighted by Gasteiger charge is -2.26. The number of carbonyl (C=O) groups is 2. The summed E-state index contributed by atoms with van der Waals surface area (Å²) in [6, 6.07) is 12.9. The molecule has 4 rings (SSSR count). The molecule has 0 bridgehead atoms. The van der Waals surface area contributed by atoms with Crippen molar-refractivity contribution in [2.75, 3.05) is 25.1 Å². The predicted molar refractivity (Wildman–Crippen MR) is 106 cm³/mol. The van der Waals surface area contributed by atoms with Crippen molar-refractivity contribution >= 4 is 23.3 Å². The van der Waals surface area contributed by atoms with E-state index in [1.165, 1.54) is 13.5 Å². The van der Waals surface area contributed by atoms with Crippen LogP contribution < -0.4 is 9.64 Å². The van der Waals surface area contributed by atoms with Crippen LogP contribution in [0.25, 0.3) is 0 Å². The van der Waals surface area contributed by atoms with Crippen molar-refractivity contribution in [2.45, 2.75) is 32.4 Å². The van der Waals surface area contributed by atoms with E-state index >= 15 is 0 Å². The lowest BCUT2D eigenvalue weighted by atomic mass is 10.1. The molecule has 2 aromatic rings. The Labute approximate surface area is 164 Å². The number of esters is 1. The average molecular weight is 380 g/mol. The van der Waals surface area contributed by atoms with Gasteiger partial charge in [-0.05, 0) is 68.7 Å². The number of hydrogen-bond acceptors (Lipinski definition) is 5. The van der Waals surface area contributed by atoms with Crippen LogP contribution >= 0.6 is 0 Å². The number of methoxy groups -OCH3 is 1. The lowest BCUT2D eigenvalue weighted by molar-refractivity contribution is 0.0600. The predicted octanol–water partition coefficient (Wildman–Crippen LogP) is 3.98. The highest BCUT2D eigenvalue weighted by Gasteiger charge is 2.30. The molecule has 2 aliphatic heterocycles. The highest BCUT2D eigenvalue weighted by atomic mass is 16.5. The van der Waals surface area contributed by atoms with Gasteiger partial charge in [0.1, 0.15) is 5.75 Å². The quantitative estimate of drug-likeness (QED) is 0.754. The van der Waals surface area contributed by atoms with Gasteiger partial charge in [-0.3, -0.25) is 4.79 Å². The molecule has 0 aliphatic carbocycles. The molecule has 1 atom stereocenters. The summed E-state index contributed by atoms with van der Waals surface area (Å²) in [5.41, 5.74) is 2.99. The van der Waals surface area contributed by atoms with Crippen molar-refractivity contribution in [3.8, 4) is 5.75 Å². The maximum atomic E-state index is 12.8. The fraction of sp³-hybridized carbons (Fsp3) is 0.364. The topological polar surface area (TPSA) is 59.1 Å². The number of benzene rings is 2. The number of hydrogen-bond donors (Lipinski definition) is 0. The molecule has 146 valence electrons. The van der Waals surface area contributed by atoms with E-state index in [2.05, 4.69) is 0 Å². The molecule has 1 amide bonds. The molecule has 0 spiro atoms. The van der Waals surface area contributed by atoms with Gasteiger partial charge in [0.05, 0.1) is 18.4 Å². The second kappa shape index (κ2) is 7.54. The Morgan fingerprint density at radius 3 is 2.36 bits per heavy atom. The molecule has 0 N–H and O–H groups in total. The minimum atomic E-state index is -0.362. The van der Waals surface area contributed by atoms with E-state index in [0.717, 1.165) is 37.3 Å². The monoisotopic (exact) mass is 380 g/mol. The molecule has 0 aromatic heterocycles. The summed E-state index contributed by atoms with van der Waals surface area (Å²) >= 11 is 0. The molecule has 1 unspecified atom stereocenters. The Morgan fingerprint density at radius 1 is 1.00 bits per heavy atom. The highest BCUT2D eigenvalue weighted by Crippen LogP contribution is 2.42. The number of ether oxygens (including phenoxy) is 2. The van der Waals surface area contributed by atoms with Gasteiger partial charge in [-0.15, -0.1) is 0 Å². The zero-order valence-electron chi connectivity index (χ0n) is 16.2. The number of amides is 1. The largest absolute Gasteiger partial charge is 0.468 e. The van der Waals surface area contributed by atoms with Gasteiger partial charge in [-0.1, -0.05) is 0 Å². The summed E-state index contributed by atoms with van der Waals surface area (Å²) in [6.45, 7) is 3.61. The molecule has 6 heteroatoms. The summed E-state index contributed by atoms with van der Waals surface area (Å²) in [5, 5.41) is 0. The van der Waals surface area contributed by atoms with Gasteiger partial charge in [0, 0.05) is 24.3 Å². The van der Waals surface area contributed by atoms with Crippen LogP contribution in [0.5, 0.6) is 5.75 Å². The average Bonchev–Trinajstić information content (AvgIpc) is 3.08. The molecule has 1 fully saturated rings. The summed E-state index contributed by atoms with van der Waals surface area (Å²) in [6.07, 6.45) is 3.12. The molecule has 1 saturated heterocycles. The second-order valence-electron chi connectivity index (χ2n) is 7.16. The number of anilines is 2. The second-order valence-corrected chi connectivity index (χ2v) is 7.16. The highest BCUT2D eigenvalue weighted by molar-refractivity contribution is 5.96. The Bertz CT molecular complexity index is 888. The zero-order valence-corrected chi connectivity index (χ0v) is 16.2. The molecular weight excluding hydrogens is 356 g/mol. The van der Waals surface area contributed by atoms with Gasteiger partial charge >= 0.3 is 5.97 Å². The normalized spacial score (nSPS) is 18.4. The van der Waals surface area contributed by atoms with Crippen LogP contribution in [0, 0.1) is 0 Å². The maximum Gasteiger partial charge on any atom is 0.337 e. The fourth-order valence-electron chi connectivity index (χ4n) is 3.88. The van der Waals surface area contributed by atoms with E-state index in [4.69, 9.17) is 9.47 Å². The molecule has 28 heavy (non-hydrogen) atoms. The van der Waals surface area contributed by atoms with Crippen LogP contribution in [0.1, 0.15) is 46.9 Å². The van der Waals surface area contributed by atoms with E-state index in [1.807, 2.05) is 47.1 Å². The fourth-order valence-corrected chi connectivity index (χ4v) is 3.88. The SMILES string of the molecule is COC(=O)c1ccc(N2c3ccc(C(=O)N4CCCCC4)cc3OC2C)cc1. The Morgan fingerprint density at radius 2 is 1.68 bits per heavy atom. The van der Waals surface area contributed by atoms with Crippen LogP contribution in [0.15, 0.2) is 42.5 Å². The summed E-state index contributed by atoms with van der Waals surface area (Å²) < 4.78 is 10.8. The molecule has 2 aliphatic rings. The smallest absolute Gasteiger partial charge is 0.337 e. The van der Waals surface area contributed by atoms with Crippen molar-refractivity contribution in [1.82, 2.24) is 4.90 Å². The van der Waals surface area contributed by atoms with E-state index < -0.39 is 0 Å². The Balaban J connectivity index is 1.59. The van der Waals surface area contributed by atoms with Gasteiger partial charge < -0.3 is 19.3 Å². The minimum absolute atomic E-state index is 0.0691. The summed E-state index contributed by atoms with van der Waals surface area (Å²) in [7, 11) is 1.37. The van der Waals surface area contributed by atoms with E-state index in [-0.39, 0.29) is 18.1 Å². The van der Waals surface area contributed by atoms with Crippen LogP contribution in [0.2, 0.25) is 0 Å².